The monoisotopic (exact) mass is 400 g/mol. The van der Waals surface area contributed by atoms with Crippen molar-refractivity contribution >= 4 is 23.4 Å². The highest BCUT2D eigenvalue weighted by Gasteiger charge is 2.30. The molecular weight excluding hydrogens is 372 g/mol. The van der Waals surface area contributed by atoms with E-state index in [0.29, 0.717) is 24.4 Å². The minimum atomic E-state index is -0.570. The van der Waals surface area contributed by atoms with Gasteiger partial charge in [-0.25, -0.2) is 0 Å². The topological polar surface area (TPSA) is 49.4 Å². The number of halogens is 1. The van der Waals surface area contributed by atoms with Gasteiger partial charge in [0.2, 0.25) is 11.8 Å². The molecule has 2 amide bonds. The Kier molecular flexibility index (Phi) is 8.52. The molecule has 0 bridgehead atoms. The second-order valence-corrected chi connectivity index (χ2v) is 7.70. The van der Waals surface area contributed by atoms with Gasteiger partial charge in [0.15, 0.2) is 0 Å². The van der Waals surface area contributed by atoms with Crippen molar-refractivity contribution in [2.75, 3.05) is 0 Å². The van der Waals surface area contributed by atoms with Crippen LogP contribution in [0, 0.1) is 0 Å². The SMILES string of the molecule is CCCC(=O)N(Cc1ccc(Cl)cc1)C(Cc1ccccc1)C(=O)NC(C)C. The zero-order valence-electron chi connectivity index (χ0n) is 16.8. The van der Waals surface area contributed by atoms with Crippen LogP contribution in [0.25, 0.3) is 0 Å². The van der Waals surface area contributed by atoms with E-state index in [0.717, 1.165) is 17.5 Å². The number of hydrogen-bond donors (Lipinski definition) is 1. The first-order valence-corrected chi connectivity index (χ1v) is 10.2. The van der Waals surface area contributed by atoms with Gasteiger partial charge >= 0.3 is 0 Å². The largest absolute Gasteiger partial charge is 0.352 e. The van der Waals surface area contributed by atoms with E-state index in [-0.39, 0.29) is 17.9 Å². The van der Waals surface area contributed by atoms with E-state index in [9.17, 15) is 9.59 Å². The lowest BCUT2D eigenvalue weighted by Crippen LogP contribution is -2.51. The van der Waals surface area contributed by atoms with E-state index < -0.39 is 6.04 Å². The summed E-state index contributed by atoms with van der Waals surface area (Å²) < 4.78 is 0. The zero-order valence-corrected chi connectivity index (χ0v) is 17.6. The maximum Gasteiger partial charge on any atom is 0.243 e. The van der Waals surface area contributed by atoms with Crippen molar-refractivity contribution in [3.05, 3.63) is 70.7 Å². The average Bonchev–Trinajstić information content (AvgIpc) is 2.66. The summed E-state index contributed by atoms with van der Waals surface area (Å²) in [6, 6.07) is 16.7. The minimum Gasteiger partial charge on any atom is -0.352 e. The lowest BCUT2D eigenvalue weighted by atomic mass is 10.0. The van der Waals surface area contributed by atoms with Crippen LogP contribution < -0.4 is 5.32 Å². The quantitative estimate of drug-likeness (QED) is 0.668. The van der Waals surface area contributed by atoms with Crippen LogP contribution in [0.3, 0.4) is 0 Å². The predicted molar refractivity (Wildman–Crippen MR) is 114 cm³/mol. The molecule has 0 saturated carbocycles. The van der Waals surface area contributed by atoms with Crippen LogP contribution >= 0.6 is 11.6 Å². The minimum absolute atomic E-state index is 0.00410. The first kappa shape index (κ1) is 22.0. The lowest BCUT2D eigenvalue weighted by molar-refractivity contribution is -0.141. The van der Waals surface area contributed by atoms with Gasteiger partial charge in [-0.15, -0.1) is 0 Å². The molecule has 5 heteroatoms. The van der Waals surface area contributed by atoms with Crippen LogP contribution in [0.4, 0.5) is 0 Å². The number of amides is 2. The molecule has 0 saturated heterocycles. The molecule has 0 spiro atoms. The third kappa shape index (κ3) is 6.68. The van der Waals surface area contributed by atoms with Gasteiger partial charge < -0.3 is 10.2 Å². The molecule has 150 valence electrons. The van der Waals surface area contributed by atoms with E-state index in [1.54, 1.807) is 17.0 Å². The lowest BCUT2D eigenvalue weighted by Gasteiger charge is -2.32. The molecule has 0 heterocycles. The Morgan fingerprint density at radius 1 is 1.00 bits per heavy atom. The van der Waals surface area contributed by atoms with Crippen molar-refractivity contribution < 1.29 is 9.59 Å². The van der Waals surface area contributed by atoms with Crippen LogP contribution in [-0.2, 0) is 22.6 Å². The Morgan fingerprint density at radius 2 is 1.64 bits per heavy atom. The Labute approximate surface area is 172 Å². The highest BCUT2D eigenvalue weighted by Crippen LogP contribution is 2.18. The van der Waals surface area contributed by atoms with E-state index in [1.165, 1.54) is 0 Å². The maximum absolute atomic E-state index is 13.0. The fourth-order valence-corrected chi connectivity index (χ4v) is 3.20. The summed E-state index contributed by atoms with van der Waals surface area (Å²) in [4.78, 5) is 27.7. The van der Waals surface area contributed by atoms with E-state index >= 15 is 0 Å². The first-order valence-electron chi connectivity index (χ1n) is 9.79. The molecule has 0 aliphatic heterocycles. The highest BCUT2D eigenvalue weighted by molar-refractivity contribution is 6.30. The van der Waals surface area contributed by atoms with E-state index in [4.69, 9.17) is 11.6 Å². The van der Waals surface area contributed by atoms with Crippen LogP contribution in [0.1, 0.15) is 44.7 Å². The predicted octanol–water partition coefficient (Wildman–Crippen LogP) is 4.60. The molecule has 0 aromatic heterocycles. The Bertz CT molecular complexity index is 760. The molecule has 0 aliphatic rings. The smallest absolute Gasteiger partial charge is 0.243 e. The third-order valence-corrected chi connectivity index (χ3v) is 4.68. The molecule has 1 N–H and O–H groups in total. The average molecular weight is 401 g/mol. The van der Waals surface area contributed by atoms with Crippen molar-refractivity contribution in [1.29, 1.82) is 0 Å². The van der Waals surface area contributed by atoms with Crippen LogP contribution in [0.15, 0.2) is 54.6 Å². The molecule has 0 radical (unpaired) electrons. The summed E-state index contributed by atoms with van der Waals surface area (Å²) >= 11 is 5.99. The number of carbonyl (C=O) groups excluding carboxylic acids is 2. The summed E-state index contributed by atoms with van der Waals surface area (Å²) in [5, 5.41) is 3.63. The fourth-order valence-electron chi connectivity index (χ4n) is 3.08. The standard InChI is InChI=1S/C23H29ClN2O2/c1-4-8-22(27)26(16-19-11-13-20(24)14-12-19)21(23(28)25-17(2)3)15-18-9-6-5-7-10-18/h5-7,9-14,17,21H,4,8,15-16H2,1-3H3,(H,25,28). The van der Waals surface area contributed by atoms with Gasteiger partial charge in [-0.1, -0.05) is 61.0 Å². The molecule has 2 aromatic rings. The van der Waals surface area contributed by atoms with Crippen LogP contribution in [0.5, 0.6) is 0 Å². The van der Waals surface area contributed by atoms with Crippen molar-refractivity contribution in [3.8, 4) is 0 Å². The number of benzene rings is 2. The van der Waals surface area contributed by atoms with Crippen molar-refractivity contribution in [2.24, 2.45) is 0 Å². The molecule has 1 atom stereocenters. The second-order valence-electron chi connectivity index (χ2n) is 7.27. The summed E-state index contributed by atoms with van der Waals surface area (Å²) in [6.07, 6.45) is 1.62. The van der Waals surface area contributed by atoms with Crippen molar-refractivity contribution in [2.45, 2.75) is 58.7 Å². The molecular formula is C23H29ClN2O2. The van der Waals surface area contributed by atoms with Gasteiger partial charge in [-0.3, -0.25) is 9.59 Å². The zero-order chi connectivity index (χ0) is 20.5. The molecule has 2 rings (SSSR count). The Hall–Kier alpha value is -2.33. The molecule has 2 aromatic carbocycles. The van der Waals surface area contributed by atoms with Gasteiger partial charge in [0.1, 0.15) is 6.04 Å². The summed E-state index contributed by atoms with van der Waals surface area (Å²) in [5.41, 5.74) is 1.97. The molecule has 28 heavy (non-hydrogen) atoms. The number of nitrogens with zero attached hydrogens (tertiary/aromatic N) is 1. The fraction of sp³-hybridized carbons (Fsp3) is 0.391. The highest BCUT2D eigenvalue weighted by atomic mass is 35.5. The second kappa shape index (κ2) is 10.9. The Morgan fingerprint density at radius 3 is 2.21 bits per heavy atom. The van der Waals surface area contributed by atoms with Gasteiger partial charge in [-0.05, 0) is 43.5 Å². The first-order chi connectivity index (χ1) is 13.4. The molecule has 0 fully saturated rings. The van der Waals surface area contributed by atoms with Gasteiger partial charge in [0, 0.05) is 30.5 Å². The summed E-state index contributed by atoms with van der Waals surface area (Å²) in [5.74, 6) is -0.144. The molecule has 0 aliphatic carbocycles. The summed E-state index contributed by atoms with van der Waals surface area (Å²) in [6.45, 7) is 6.20. The normalized spacial score (nSPS) is 11.9. The van der Waals surface area contributed by atoms with Crippen molar-refractivity contribution in [3.63, 3.8) is 0 Å². The number of hydrogen-bond acceptors (Lipinski definition) is 2. The van der Waals surface area contributed by atoms with Crippen LogP contribution in [0.2, 0.25) is 5.02 Å². The molecule has 1 unspecified atom stereocenters. The van der Waals surface area contributed by atoms with Crippen LogP contribution in [-0.4, -0.2) is 28.8 Å². The molecule has 4 nitrogen and oxygen atoms in total. The van der Waals surface area contributed by atoms with E-state index in [1.807, 2.05) is 63.2 Å². The Balaban J connectivity index is 2.35. The number of nitrogens with one attached hydrogen (secondary N) is 1. The third-order valence-electron chi connectivity index (χ3n) is 4.43. The van der Waals surface area contributed by atoms with Crippen molar-refractivity contribution in [1.82, 2.24) is 10.2 Å². The van der Waals surface area contributed by atoms with Gasteiger partial charge in [0.05, 0.1) is 0 Å². The summed E-state index contributed by atoms with van der Waals surface area (Å²) in [7, 11) is 0. The van der Waals surface area contributed by atoms with Gasteiger partial charge in [-0.2, -0.15) is 0 Å². The van der Waals surface area contributed by atoms with Gasteiger partial charge in [0.25, 0.3) is 0 Å². The number of rotatable bonds is 9. The maximum atomic E-state index is 13.0. The van der Waals surface area contributed by atoms with E-state index in [2.05, 4.69) is 5.32 Å². The number of carbonyl (C=O) groups is 2.